The first kappa shape index (κ1) is 10.3. The van der Waals surface area contributed by atoms with Gasteiger partial charge in [-0.1, -0.05) is 12.1 Å². The van der Waals surface area contributed by atoms with Crippen LogP contribution in [0.2, 0.25) is 0 Å². The second kappa shape index (κ2) is 3.95. The van der Waals surface area contributed by atoms with E-state index in [2.05, 4.69) is 40.2 Å². The third-order valence-electron chi connectivity index (χ3n) is 3.89. The summed E-state index contributed by atoms with van der Waals surface area (Å²) in [6.45, 7) is 2.04. The van der Waals surface area contributed by atoms with Gasteiger partial charge >= 0.3 is 0 Å². The molecule has 3 nitrogen and oxygen atoms in total. The summed E-state index contributed by atoms with van der Waals surface area (Å²) in [5.41, 5.74) is 3.89. The summed E-state index contributed by atoms with van der Waals surface area (Å²) in [6, 6.07) is 6.40. The summed E-state index contributed by atoms with van der Waals surface area (Å²) in [6.07, 6.45) is 8.13. The van der Waals surface area contributed by atoms with Crippen molar-refractivity contribution in [2.24, 2.45) is 0 Å². The Morgan fingerprint density at radius 3 is 3.00 bits per heavy atom. The molecule has 1 aliphatic heterocycles. The van der Waals surface area contributed by atoms with Crippen molar-refractivity contribution in [1.82, 2.24) is 14.7 Å². The maximum absolute atomic E-state index is 4.94. The molecule has 0 bridgehead atoms. The summed E-state index contributed by atoms with van der Waals surface area (Å²) < 4.78 is 2.29. The molecule has 2 aromatic heterocycles. The van der Waals surface area contributed by atoms with Crippen LogP contribution in [0.4, 0.5) is 0 Å². The molecule has 1 saturated carbocycles. The van der Waals surface area contributed by atoms with Crippen LogP contribution in [0.25, 0.3) is 11.1 Å². The van der Waals surface area contributed by atoms with E-state index >= 15 is 0 Å². The molecule has 0 aromatic carbocycles. The van der Waals surface area contributed by atoms with Crippen molar-refractivity contribution in [3.63, 3.8) is 0 Å². The van der Waals surface area contributed by atoms with Gasteiger partial charge in [0.15, 0.2) is 0 Å². The minimum atomic E-state index is 0.691. The lowest BCUT2D eigenvalue weighted by Gasteiger charge is -2.12. The Balaban J connectivity index is 1.91. The van der Waals surface area contributed by atoms with Crippen molar-refractivity contribution >= 4 is 11.1 Å². The van der Waals surface area contributed by atoms with Crippen LogP contribution < -0.4 is 5.32 Å². The zero-order valence-corrected chi connectivity index (χ0v) is 10.4. The van der Waals surface area contributed by atoms with Gasteiger partial charge in [-0.15, -0.1) is 0 Å². The van der Waals surface area contributed by atoms with E-state index in [-0.39, 0.29) is 0 Å². The van der Waals surface area contributed by atoms with Gasteiger partial charge in [0.05, 0.1) is 11.2 Å². The molecule has 0 saturated heterocycles. The fourth-order valence-corrected chi connectivity index (χ4v) is 2.77. The zero-order chi connectivity index (χ0) is 11.9. The number of rotatable bonds is 2. The molecular weight excluding hydrogens is 222 g/mol. The van der Waals surface area contributed by atoms with Crippen molar-refractivity contribution in [3.8, 4) is 0 Å². The Labute approximate surface area is 107 Å². The minimum Gasteiger partial charge on any atom is -0.313 e. The number of nitrogens with zero attached hydrogens (tertiary/aromatic N) is 2. The van der Waals surface area contributed by atoms with E-state index in [1.807, 2.05) is 0 Å². The summed E-state index contributed by atoms with van der Waals surface area (Å²) in [7, 11) is 0. The lowest BCUT2D eigenvalue weighted by molar-refractivity contribution is 0.737. The van der Waals surface area contributed by atoms with Crippen LogP contribution in [0.15, 0.2) is 30.5 Å². The van der Waals surface area contributed by atoms with Gasteiger partial charge in [-0.25, -0.2) is 4.98 Å². The third kappa shape index (κ3) is 1.58. The molecule has 1 aliphatic carbocycles. The average Bonchev–Trinajstić information content (AvgIpc) is 3.21. The summed E-state index contributed by atoms with van der Waals surface area (Å²) in [5, 5.41) is 3.36. The molecule has 3 heterocycles. The van der Waals surface area contributed by atoms with Crippen molar-refractivity contribution in [1.29, 1.82) is 0 Å². The zero-order valence-electron chi connectivity index (χ0n) is 10.4. The standard InChI is InChI=1S/C15H17N3/c1-2-10-18-13(3-1)14(11-6-8-16-9-7-11)17-15(18)12-4-5-12/h1-3,6,10,12,16H,4-5,7-9H2. The monoisotopic (exact) mass is 239 g/mol. The van der Waals surface area contributed by atoms with Crippen LogP contribution in [0.3, 0.4) is 0 Å². The van der Waals surface area contributed by atoms with Crippen molar-refractivity contribution < 1.29 is 0 Å². The number of imidazole rings is 1. The maximum Gasteiger partial charge on any atom is 0.117 e. The maximum atomic E-state index is 4.94. The molecule has 2 aromatic rings. The molecule has 0 spiro atoms. The van der Waals surface area contributed by atoms with Crippen LogP contribution in [0.5, 0.6) is 0 Å². The van der Waals surface area contributed by atoms with E-state index in [1.165, 1.54) is 35.4 Å². The molecular formula is C15H17N3. The van der Waals surface area contributed by atoms with E-state index in [9.17, 15) is 0 Å². The van der Waals surface area contributed by atoms with Crippen molar-refractivity contribution in [2.45, 2.75) is 25.2 Å². The Morgan fingerprint density at radius 1 is 1.28 bits per heavy atom. The largest absolute Gasteiger partial charge is 0.313 e. The fourth-order valence-electron chi connectivity index (χ4n) is 2.77. The Morgan fingerprint density at radius 2 is 2.22 bits per heavy atom. The lowest BCUT2D eigenvalue weighted by Crippen LogP contribution is -2.20. The van der Waals surface area contributed by atoms with Gasteiger partial charge in [0.1, 0.15) is 5.82 Å². The second-order valence-electron chi connectivity index (χ2n) is 5.23. The predicted octanol–water partition coefficient (Wildman–Crippen LogP) is 2.59. The normalized spacial score (nSPS) is 20.1. The highest BCUT2D eigenvalue weighted by Gasteiger charge is 2.29. The highest BCUT2D eigenvalue weighted by atomic mass is 15.0. The van der Waals surface area contributed by atoms with Crippen LogP contribution in [0.1, 0.15) is 36.7 Å². The molecule has 92 valence electrons. The fraction of sp³-hybridized carbons (Fsp3) is 0.400. The van der Waals surface area contributed by atoms with Gasteiger partial charge in [-0.2, -0.15) is 0 Å². The summed E-state index contributed by atoms with van der Waals surface area (Å²) in [4.78, 5) is 4.94. The van der Waals surface area contributed by atoms with Gasteiger partial charge in [0.25, 0.3) is 0 Å². The first-order valence-corrected chi connectivity index (χ1v) is 6.80. The molecule has 0 unspecified atom stereocenters. The number of fused-ring (bicyclic) bond motifs is 1. The Hall–Kier alpha value is -1.61. The van der Waals surface area contributed by atoms with Gasteiger partial charge < -0.3 is 9.72 Å². The summed E-state index contributed by atoms with van der Waals surface area (Å²) >= 11 is 0. The molecule has 3 heteroatoms. The molecule has 1 fully saturated rings. The smallest absolute Gasteiger partial charge is 0.117 e. The highest BCUT2D eigenvalue weighted by molar-refractivity contribution is 5.77. The van der Waals surface area contributed by atoms with Gasteiger partial charge in [-0.3, -0.25) is 0 Å². The Bertz CT molecular complexity index is 620. The molecule has 0 radical (unpaired) electrons. The van der Waals surface area contributed by atoms with Crippen LogP contribution in [-0.2, 0) is 0 Å². The van der Waals surface area contributed by atoms with Crippen LogP contribution >= 0.6 is 0 Å². The molecule has 4 rings (SSSR count). The third-order valence-corrected chi connectivity index (χ3v) is 3.89. The van der Waals surface area contributed by atoms with Gasteiger partial charge in [-0.05, 0) is 43.5 Å². The molecule has 0 amide bonds. The Kier molecular flexibility index (Phi) is 2.27. The molecule has 2 aliphatic rings. The molecule has 0 atom stereocenters. The van der Waals surface area contributed by atoms with E-state index in [0.717, 1.165) is 19.5 Å². The van der Waals surface area contributed by atoms with E-state index in [0.29, 0.717) is 5.92 Å². The first-order chi connectivity index (χ1) is 8.93. The number of nitrogens with one attached hydrogen (secondary N) is 1. The van der Waals surface area contributed by atoms with Crippen molar-refractivity contribution in [3.05, 3.63) is 42.0 Å². The van der Waals surface area contributed by atoms with Gasteiger partial charge in [0, 0.05) is 18.7 Å². The predicted molar refractivity (Wildman–Crippen MR) is 72.6 cm³/mol. The number of hydrogen-bond acceptors (Lipinski definition) is 2. The number of pyridine rings is 1. The van der Waals surface area contributed by atoms with E-state index in [1.54, 1.807) is 0 Å². The van der Waals surface area contributed by atoms with Crippen LogP contribution in [0, 0.1) is 0 Å². The molecule has 18 heavy (non-hydrogen) atoms. The highest BCUT2D eigenvalue weighted by Crippen LogP contribution is 2.41. The van der Waals surface area contributed by atoms with Crippen molar-refractivity contribution in [2.75, 3.05) is 13.1 Å². The minimum absolute atomic E-state index is 0.691. The summed E-state index contributed by atoms with van der Waals surface area (Å²) in [5.74, 6) is 1.95. The average molecular weight is 239 g/mol. The van der Waals surface area contributed by atoms with E-state index in [4.69, 9.17) is 4.98 Å². The first-order valence-electron chi connectivity index (χ1n) is 6.80. The topological polar surface area (TPSA) is 29.3 Å². The molecule has 1 N–H and O–H groups in total. The van der Waals surface area contributed by atoms with Crippen LogP contribution in [-0.4, -0.2) is 22.5 Å². The van der Waals surface area contributed by atoms with E-state index < -0.39 is 0 Å². The number of hydrogen-bond donors (Lipinski definition) is 1. The SMILES string of the molecule is C1=C(c2nc(C3CC3)n3ccccc23)CCNC1. The number of aromatic nitrogens is 2. The lowest BCUT2D eigenvalue weighted by atomic mass is 10.1. The second-order valence-corrected chi connectivity index (χ2v) is 5.23. The van der Waals surface area contributed by atoms with Gasteiger partial charge in [0.2, 0.25) is 0 Å². The quantitative estimate of drug-likeness (QED) is 0.872.